The minimum absolute atomic E-state index is 1.05. The van der Waals surface area contributed by atoms with Crippen molar-refractivity contribution in [3.63, 3.8) is 0 Å². The van der Waals surface area contributed by atoms with Crippen molar-refractivity contribution in [3.05, 3.63) is 29.8 Å². The number of hydrogen-bond acceptors (Lipinski definition) is 1. The molecule has 2 aromatic heterocycles. The van der Waals surface area contributed by atoms with E-state index in [-0.39, 0.29) is 0 Å². The van der Waals surface area contributed by atoms with Crippen molar-refractivity contribution < 1.29 is 4.57 Å². The van der Waals surface area contributed by atoms with Crippen LogP contribution in [0.5, 0.6) is 0 Å². The van der Waals surface area contributed by atoms with Gasteiger partial charge in [-0.3, -0.25) is 0 Å². The van der Waals surface area contributed by atoms with Crippen molar-refractivity contribution in [2.24, 2.45) is 7.05 Å². The van der Waals surface area contributed by atoms with Gasteiger partial charge in [0.15, 0.2) is 5.52 Å². The van der Waals surface area contributed by atoms with Gasteiger partial charge in [-0.15, -0.1) is 4.52 Å². The first-order valence-electron chi connectivity index (χ1n) is 5.10. The first-order chi connectivity index (χ1) is 6.76. The van der Waals surface area contributed by atoms with E-state index in [0.717, 1.165) is 12.8 Å². The van der Waals surface area contributed by atoms with Gasteiger partial charge < -0.3 is 0 Å². The zero-order chi connectivity index (χ0) is 10.1. The Morgan fingerprint density at radius 2 is 2.00 bits per heavy atom. The van der Waals surface area contributed by atoms with Gasteiger partial charge in [0.05, 0.1) is 19.4 Å². The van der Waals surface area contributed by atoms with Crippen molar-refractivity contribution in [2.45, 2.75) is 26.7 Å². The van der Waals surface area contributed by atoms with E-state index in [2.05, 4.69) is 29.7 Å². The second-order valence-electron chi connectivity index (χ2n) is 3.61. The highest BCUT2D eigenvalue weighted by Gasteiger charge is 2.13. The molecule has 2 rings (SSSR count). The van der Waals surface area contributed by atoms with E-state index in [4.69, 9.17) is 0 Å². The Balaban J connectivity index is 2.78. The summed E-state index contributed by atoms with van der Waals surface area (Å²) in [6.45, 7) is 4.35. The molecule has 0 spiro atoms. The molecule has 0 atom stereocenters. The number of hydrogen-bond donors (Lipinski definition) is 0. The molecular formula is C11H16N3+. The second-order valence-corrected chi connectivity index (χ2v) is 3.61. The van der Waals surface area contributed by atoms with Crippen molar-refractivity contribution in [3.8, 4) is 0 Å². The number of aromatic nitrogens is 3. The fourth-order valence-corrected chi connectivity index (χ4v) is 1.87. The zero-order valence-electron chi connectivity index (χ0n) is 8.99. The van der Waals surface area contributed by atoms with E-state index in [1.807, 2.05) is 24.1 Å². The topological polar surface area (TPSA) is 21.2 Å². The molecule has 0 aliphatic heterocycles. The normalized spacial score (nSPS) is 11.1. The van der Waals surface area contributed by atoms with Crippen LogP contribution < -0.4 is 4.57 Å². The maximum absolute atomic E-state index is 4.35. The molecule has 14 heavy (non-hydrogen) atoms. The monoisotopic (exact) mass is 190 g/mol. The molecule has 0 radical (unpaired) electrons. The van der Waals surface area contributed by atoms with Crippen molar-refractivity contribution in [2.75, 3.05) is 0 Å². The minimum Gasteiger partial charge on any atom is -0.241 e. The van der Waals surface area contributed by atoms with Crippen LogP contribution in [-0.4, -0.2) is 9.61 Å². The number of nitrogens with zero attached hydrogens (tertiary/aromatic N) is 3. The van der Waals surface area contributed by atoms with Crippen LogP contribution in [0.1, 0.15) is 25.0 Å². The molecule has 0 aliphatic carbocycles. The van der Waals surface area contributed by atoms with E-state index in [1.165, 1.54) is 16.6 Å². The molecule has 0 N–H and O–H groups in total. The van der Waals surface area contributed by atoms with E-state index in [0.29, 0.717) is 0 Å². The summed E-state index contributed by atoms with van der Waals surface area (Å²) in [6.07, 6.45) is 8.25. The third-order valence-electron chi connectivity index (χ3n) is 2.59. The average Bonchev–Trinajstić information content (AvgIpc) is 2.59. The summed E-state index contributed by atoms with van der Waals surface area (Å²) in [7, 11) is 2.03. The maximum atomic E-state index is 4.35. The molecule has 3 heteroatoms. The van der Waals surface area contributed by atoms with Crippen LogP contribution in [0, 0.1) is 0 Å². The van der Waals surface area contributed by atoms with Crippen molar-refractivity contribution >= 4 is 5.52 Å². The van der Waals surface area contributed by atoms with Gasteiger partial charge in [-0.25, -0.2) is 4.57 Å². The Morgan fingerprint density at radius 1 is 1.29 bits per heavy atom. The molecule has 0 amide bonds. The van der Waals surface area contributed by atoms with Crippen LogP contribution in [0.4, 0.5) is 0 Å². The Hall–Kier alpha value is -1.38. The minimum atomic E-state index is 1.05. The highest BCUT2D eigenvalue weighted by atomic mass is 15.2. The molecule has 2 aromatic rings. The van der Waals surface area contributed by atoms with E-state index >= 15 is 0 Å². The molecule has 0 unspecified atom stereocenters. The second kappa shape index (κ2) is 3.40. The zero-order valence-corrected chi connectivity index (χ0v) is 8.99. The molecule has 0 bridgehead atoms. The van der Waals surface area contributed by atoms with Crippen molar-refractivity contribution in [1.29, 1.82) is 0 Å². The summed E-state index contributed by atoms with van der Waals surface area (Å²) >= 11 is 0. The van der Waals surface area contributed by atoms with Crippen LogP contribution in [0.2, 0.25) is 0 Å². The maximum Gasteiger partial charge on any atom is 0.269 e. The fraction of sp³-hybridized carbons (Fsp3) is 0.455. The van der Waals surface area contributed by atoms with Crippen LogP contribution in [0.15, 0.2) is 18.7 Å². The van der Waals surface area contributed by atoms with Gasteiger partial charge in [0.25, 0.3) is 6.33 Å². The lowest BCUT2D eigenvalue weighted by Gasteiger charge is -1.99. The summed E-state index contributed by atoms with van der Waals surface area (Å²) < 4.78 is 4.02. The quantitative estimate of drug-likeness (QED) is 0.654. The molecule has 3 nitrogen and oxygen atoms in total. The summed E-state index contributed by atoms with van der Waals surface area (Å²) in [4.78, 5) is 0. The first kappa shape index (κ1) is 9.19. The SMILES string of the molecule is CCc1cnn2c[n+](C)cc(CC)c12. The third kappa shape index (κ3) is 1.29. The highest BCUT2D eigenvalue weighted by Crippen LogP contribution is 2.14. The van der Waals surface area contributed by atoms with Gasteiger partial charge in [-0.2, -0.15) is 0 Å². The van der Waals surface area contributed by atoms with Gasteiger partial charge in [-0.05, 0) is 12.8 Å². The average molecular weight is 190 g/mol. The molecule has 0 saturated carbocycles. The standard InChI is InChI=1S/C11H16N3/c1-4-9-6-12-14-8-13(3)7-10(5-2)11(9)14/h6-8H,4-5H2,1-3H3/q+1. The molecule has 2 heterocycles. The smallest absolute Gasteiger partial charge is 0.241 e. The van der Waals surface area contributed by atoms with Gasteiger partial charge in [-0.1, -0.05) is 18.9 Å². The van der Waals surface area contributed by atoms with E-state index < -0.39 is 0 Å². The molecule has 0 aliphatic rings. The first-order valence-corrected chi connectivity index (χ1v) is 5.10. The van der Waals surface area contributed by atoms with Crippen LogP contribution in [0.3, 0.4) is 0 Å². The molecule has 0 aromatic carbocycles. The van der Waals surface area contributed by atoms with Crippen LogP contribution >= 0.6 is 0 Å². The third-order valence-corrected chi connectivity index (χ3v) is 2.59. The lowest BCUT2D eigenvalue weighted by Crippen LogP contribution is -2.29. The Kier molecular flexibility index (Phi) is 2.23. The lowest BCUT2D eigenvalue weighted by atomic mass is 10.1. The van der Waals surface area contributed by atoms with E-state index in [9.17, 15) is 0 Å². The van der Waals surface area contributed by atoms with Gasteiger partial charge in [0, 0.05) is 11.1 Å². The Labute approximate surface area is 84.0 Å². The Morgan fingerprint density at radius 3 is 2.64 bits per heavy atom. The Bertz CT molecular complexity index is 457. The summed E-state index contributed by atoms with van der Waals surface area (Å²) in [5, 5.41) is 4.35. The van der Waals surface area contributed by atoms with Gasteiger partial charge in [0.1, 0.15) is 0 Å². The van der Waals surface area contributed by atoms with E-state index in [1.54, 1.807) is 0 Å². The lowest BCUT2D eigenvalue weighted by molar-refractivity contribution is -0.675. The molecule has 0 fully saturated rings. The van der Waals surface area contributed by atoms with Crippen LogP contribution in [-0.2, 0) is 19.9 Å². The highest BCUT2D eigenvalue weighted by molar-refractivity contribution is 5.58. The summed E-state index contributed by atoms with van der Waals surface area (Å²) in [5.74, 6) is 0. The summed E-state index contributed by atoms with van der Waals surface area (Å²) in [5.41, 5.74) is 3.99. The largest absolute Gasteiger partial charge is 0.269 e. The predicted octanol–water partition coefficient (Wildman–Crippen LogP) is 1.28. The fourth-order valence-electron chi connectivity index (χ4n) is 1.87. The molecule has 0 saturated heterocycles. The van der Waals surface area contributed by atoms with Crippen LogP contribution in [0.25, 0.3) is 5.52 Å². The molecule has 74 valence electrons. The van der Waals surface area contributed by atoms with Gasteiger partial charge >= 0.3 is 0 Å². The number of rotatable bonds is 2. The van der Waals surface area contributed by atoms with Crippen molar-refractivity contribution in [1.82, 2.24) is 9.61 Å². The number of aryl methyl sites for hydroxylation is 3. The summed E-state index contributed by atoms with van der Waals surface area (Å²) in [6, 6.07) is 0. The number of fused-ring (bicyclic) bond motifs is 1. The predicted molar refractivity (Wildman–Crippen MR) is 55.1 cm³/mol. The molecular weight excluding hydrogens is 174 g/mol. The van der Waals surface area contributed by atoms with Gasteiger partial charge in [0.2, 0.25) is 0 Å².